The van der Waals surface area contributed by atoms with Crippen LogP contribution in [-0.2, 0) is 0 Å². The summed E-state index contributed by atoms with van der Waals surface area (Å²) in [5, 5.41) is 0.670. The molecule has 0 unspecified atom stereocenters. The third kappa shape index (κ3) is 2.76. The summed E-state index contributed by atoms with van der Waals surface area (Å²) < 4.78 is 5.80. The molecule has 1 aromatic rings. The van der Waals surface area contributed by atoms with E-state index in [1.807, 2.05) is 6.26 Å². The number of hydrazine groups is 1. The lowest BCUT2D eigenvalue weighted by molar-refractivity contribution is 0.199. The van der Waals surface area contributed by atoms with Gasteiger partial charge in [0.15, 0.2) is 5.16 Å². The van der Waals surface area contributed by atoms with Gasteiger partial charge in [-0.2, -0.15) is 4.98 Å². The Morgan fingerprint density at radius 2 is 2.19 bits per heavy atom. The summed E-state index contributed by atoms with van der Waals surface area (Å²) in [6, 6.07) is 1.73. The Morgan fingerprint density at radius 3 is 2.81 bits per heavy atom. The van der Waals surface area contributed by atoms with Crippen LogP contribution in [-0.4, -0.2) is 22.3 Å². The highest BCUT2D eigenvalue weighted by Crippen LogP contribution is 2.25. The first-order valence-electron chi connectivity index (χ1n) is 5.38. The maximum atomic E-state index is 5.80. The number of hydrogen-bond donors (Lipinski definition) is 2. The molecule has 0 aliphatic heterocycles. The zero-order valence-corrected chi connectivity index (χ0v) is 10.1. The summed E-state index contributed by atoms with van der Waals surface area (Å²) in [5.41, 5.74) is 2.52. The van der Waals surface area contributed by atoms with E-state index in [-0.39, 0.29) is 0 Å². The molecule has 3 N–H and O–H groups in total. The van der Waals surface area contributed by atoms with Gasteiger partial charge in [0.1, 0.15) is 11.9 Å². The second-order valence-corrected chi connectivity index (χ2v) is 4.52. The van der Waals surface area contributed by atoms with Crippen molar-refractivity contribution in [2.24, 2.45) is 5.84 Å². The Kier molecular flexibility index (Phi) is 3.84. The molecule has 1 aliphatic carbocycles. The molecule has 1 saturated carbocycles. The van der Waals surface area contributed by atoms with Crippen LogP contribution in [0.2, 0.25) is 0 Å². The van der Waals surface area contributed by atoms with Crippen molar-refractivity contribution in [3.8, 4) is 5.88 Å². The molecule has 88 valence electrons. The highest BCUT2D eigenvalue weighted by atomic mass is 32.2. The molecule has 6 heteroatoms. The average molecular weight is 240 g/mol. The lowest BCUT2D eigenvalue weighted by Gasteiger charge is -2.13. The quantitative estimate of drug-likeness (QED) is 0.362. The lowest BCUT2D eigenvalue weighted by atomic mass is 10.3. The minimum Gasteiger partial charge on any atom is -0.474 e. The first kappa shape index (κ1) is 11.5. The van der Waals surface area contributed by atoms with Gasteiger partial charge < -0.3 is 10.2 Å². The standard InChI is InChI=1S/C10H16N4OS/c1-16-10-12-8(14-11)6-9(13-10)15-7-4-2-3-5-7/h6-7H,2-5,11H2,1H3,(H,12,13,14). The smallest absolute Gasteiger partial charge is 0.219 e. The molecule has 5 nitrogen and oxygen atoms in total. The SMILES string of the molecule is CSc1nc(NN)cc(OC2CCCC2)n1. The number of nitrogens with one attached hydrogen (secondary N) is 1. The van der Waals surface area contributed by atoms with E-state index in [2.05, 4.69) is 15.4 Å². The van der Waals surface area contributed by atoms with Gasteiger partial charge in [0.2, 0.25) is 5.88 Å². The highest BCUT2D eigenvalue weighted by molar-refractivity contribution is 7.98. The van der Waals surface area contributed by atoms with Gasteiger partial charge in [-0.25, -0.2) is 10.8 Å². The minimum atomic E-state index is 0.301. The largest absolute Gasteiger partial charge is 0.474 e. The van der Waals surface area contributed by atoms with Gasteiger partial charge >= 0.3 is 0 Å². The van der Waals surface area contributed by atoms with Gasteiger partial charge in [-0.3, -0.25) is 0 Å². The number of nitrogen functional groups attached to an aromatic ring is 1. The Hall–Kier alpha value is -1.01. The number of anilines is 1. The molecular weight excluding hydrogens is 224 g/mol. The van der Waals surface area contributed by atoms with Gasteiger partial charge in [-0.1, -0.05) is 11.8 Å². The van der Waals surface area contributed by atoms with Crippen molar-refractivity contribution in [3.05, 3.63) is 6.07 Å². The van der Waals surface area contributed by atoms with E-state index in [1.165, 1.54) is 24.6 Å². The van der Waals surface area contributed by atoms with E-state index < -0.39 is 0 Å². The maximum absolute atomic E-state index is 5.80. The predicted octanol–water partition coefficient (Wildman–Crippen LogP) is 1.81. The molecule has 1 aliphatic rings. The number of nitrogens with two attached hydrogens (primary N) is 1. The van der Waals surface area contributed by atoms with Crippen LogP contribution in [0.1, 0.15) is 25.7 Å². The Bertz CT molecular complexity index is 332. The normalized spacial score (nSPS) is 16.4. The molecule has 1 fully saturated rings. The van der Waals surface area contributed by atoms with Crippen LogP contribution in [0, 0.1) is 0 Å². The second-order valence-electron chi connectivity index (χ2n) is 3.75. The van der Waals surface area contributed by atoms with Gasteiger partial charge in [-0.15, -0.1) is 0 Å². The van der Waals surface area contributed by atoms with Crippen molar-refractivity contribution in [1.82, 2.24) is 9.97 Å². The van der Waals surface area contributed by atoms with E-state index in [0.29, 0.717) is 23.0 Å². The molecule has 0 atom stereocenters. The number of thioether (sulfide) groups is 1. The molecule has 0 bridgehead atoms. The fourth-order valence-electron chi connectivity index (χ4n) is 1.81. The zero-order valence-electron chi connectivity index (χ0n) is 9.27. The van der Waals surface area contributed by atoms with E-state index in [0.717, 1.165) is 12.8 Å². The molecule has 0 aromatic carbocycles. The maximum Gasteiger partial charge on any atom is 0.219 e. The van der Waals surface area contributed by atoms with Gasteiger partial charge in [0, 0.05) is 6.07 Å². The van der Waals surface area contributed by atoms with Crippen LogP contribution in [0.25, 0.3) is 0 Å². The van der Waals surface area contributed by atoms with Crippen LogP contribution in [0.4, 0.5) is 5.82 Å². The van der Waals surface area contributed by atoms with E-state index in [4.69, 9.17) is 10.6 Å². The van der Waals surface area contributed by atoms with Gasteiger partial charge in [0.25, 0.3) is 0 Å². The lowest BCUT2D eigenvalue weighted by Crippen LogP contribution is -2.14. The Balaban J connectivity index is 2.12. The third-order valence-corrected chi connectivity index (χ3v) is 3.15. The fraction of sp³-hybridized carbons (Fsp3) is 0.600. The molecule has 2 rings (SSSR count). The number of nitrogens with zero attached hydrogens (tertiary/aromatic N) is 2. The summed E-state index contributed by atoms with van der Waals surface area (Å²) in [4.78, 5) is 8.48. The van der Waals surface area contributed by atoms with E-state index >= 15 is 0 Å². The summed E-state index contributed by atoms with van der Waals surface area (Å²) >= 11 is 1.47. The van der Waals surface area contributed by atoms with Crippen molar-refractivity contribution < 1.29 is 4.74 Å². The number of hydrogen-bond acceptors (Lipinski definition) is 6. The topological polar surface area (TPSA) is 73.1 Å². The van der Waals surface area contributed by atoms with Crippen molar-refractivity contribution in [2.75, 3.05) is 11.7 Å². The van der Waals surface area contributed by atoms with Crippen LogP contribution < -0.4 is 16.0 Å². The summed E-state index contributed by atoms with van der Waals surface area (Å²) in [6.45, 7) is 0. The first-order valence-corrected chi connectivity index (χ1v) is 6.60. The monoisotopic (exact) mass is 240 g/mol. The van der Waals surface area contributed by atoms with Crippen LogP contribution in [0.3, 0.4) is 0 Å². The summed E-state index contributed by atoms with van der Waals surface area (Å²) in [5.74, 6) is 6.55. The number of aromatic nitrogens is 2. The van der Waals surface area contributed by atoms with Crippen LogP contribution >= 0.6 is 11.8 Å². The highest BCUT2D eigenvalue weighted by Gasteiger charge is 2.17. The second kappa shape index (κ2) is 5.36. The minimum absolute atomic E-state index is 0.301. The van der Waals surface area contributed by atoms with Crippen LogP contribution in [0.15, 0.2) is 11.2 Å². The van der Waals surface area contributed by atoms with Crippen LogP contribution in [0.5, 0.6) is 5.88 Å². The molecule has 0 amide bonds. The van der Waals surface area contributed by atoms with Crippen molar-refractivity contribution in [2.45, 2.75) is 36.9 Å². The van der Waals surface area contributed by atoms with E-state index in [9.17, 15) is 0 Å². The van der Waals surface area contributed by atoms with Gasteiger partial charge in [-0.05, 0) is 31.9 Å². The van der Waals surface area contributed by atoms with Gasteiger partial charge in [0.05, 0.1) is 0 Å². The number of rotatable bonds is 4. The molecular formula is C10H16N4OS. The summed E-state index contributed by atoms with van der Waals surface area (Å²) in [7, 11) is 0. The Labute approximate surface area is 99.2 Å². The average Bonchev–Trinajstić information content (AvgIpc) is 2.81. The van der Waals surface area contributed by atoms with E-state index in [1.54, 1.807) is 6.07 Å². The van der Waals surface area contributed by atoms with Crippen molar-refractivity contribution in [3.63, 3.8) is 0 Å². The summed E-state index contributed by atoms with van der Waals surface area (Å²) in [6.07, 6.45) is 6.94. The molecule has 0 spiro atoms. The third-order valence-electron chi connectivity index (χ3n) is 2.60. The number of ether oxygens (including phenoxy) is 1. The molecule has 0 radical (unpaired) electrons. The fourth-order valence-corrected chi connectivity index (χ4v) is 2.18. The predicted molar refractivity (Wildman–Crippen MR) is 64.5 cm³/mol. The first-order chi connectivity index (χ1) is 7.81. The molecule has 1 heterocycles. The van der Waals surface area contributed by atoms with Crippen molar-refractivity contribution >= 4 is 17.6 Å². The Morgan fingerprint density at radius 1 is 1.44 bits per heavy atom. The molecule has 16 heavy (non-hydrogen) atoms. The zero-order chi connectivity index (χ0) is 11.4. The molecule has 1 aromatic heterocycles. The molecule has 0 saturated heterocycles. The van der Waals surface area contributed by atoms with Crippen molar-refractivity contribution in [1.29, 1.82) is 0 Å².